The van der Waals surface area contributed by atoms with Crippen LogP contribution in [0.5, 0.6) is 17.5 Å². The predicted molar refractivity (Wildman–Crippen MR) is 134 cm³/mol. The molecule has 3 heterocycles. The summed E-state index contributed by atoms with van der Waals surface area (Å²) in [6.07, 6.45) is 1.97. The molecule has 190 valence electrons. The molecule has 0 saturated carbocycles. The van der Waals surface area contributed by atoms with Gasteiger partial charge in [-0.05, 0) is 61.7 Å². The molecular formula is C26H23ClN4O6. The number of aryl methyl sites for hydroxylation is 2. The van der Waals surface area contributed by atoms with Crippen molar-refractivity contribution in [3.63, 3.8) is 0 Å². The van der Waals surface area contributed by atoms with E-state index in [1.807, 2.05) is 26.0 Å². The number of carboxylic acid groups (broad SMARTS) is 1. The van der Waals surface area contributed by atoms with E-state index in [4.69, 9.17) is 30.6 Å². The average molecular weight is 523 g/mol. The molecule has 4 aromatic rings. The molecule has 1 amide bonds. The van der Waals surface area contributed by atoms with Gasteiger partial charge in [0.15, 0.2) is 6.61 Å². The lowest BCUT2D eigenvalue weighted by Gasteiger charge is -2.18. The van der Waals surface area contributed by atoms with Crippen molar-refractivity contribution in [3.05, 3.63) is 58.7 Å². The molecule has 0 aliphatic carbocycles. The molecule has 1 atom stereocenters. The van der Waals surface area contributed by atoms with Crippen LogP contribution in [0.15, 0.2) is 47.0 Å². The highest BCUT2D eigenvalue weighted by Crippen LogP contribution is 2.32. The topological polar surface area (TPSA) is 128 Å². The third-order valence-corrected chi connectivity index (χ3v) is 6.31. The standard InChI is InChI=1S/C26H23ClN4O6/c1-14-8-17(9-15(2)22(14)35-13-21(32)31-7-6-16(12-31)25(33)34)23-29-20-11-28-26(30-24(20)37-23)36-19-5-3-4-18(27)10-19/h3-5,8-11,16H,6-7,12-13H2,1-2H3,(H,33,34). The van der Waals surface area contributed by atoms with Crippen molar-refractivity contribution < 1.29 is 28.6 Å². The summed E-state index contributed by atoms with van der Waals surface area (Å²) in [4.78, 5) is 38.2. The first kappa shape index (κ1) is 24.5. The Labute approximate surface area is 216 Å². The van der Waals surface area contributed by atoms with Gasteiger partial charge in [0.2, 0.25) is 5.89 Å². The van der Waals surface area contributed by atoms with E-state index in [0.717, 1.165) is 11.1 Å². The Balaban J connectivity index is 1.30. The first-order chi connectivity index (χ1) is 17.8. The lowest BCUT2D eigenvalue weighted by atomic mass is 10.1. The summed E-state index contributed by atoms with van der Waals surface area (Å²) < 4.78 is 17.4. The normalized spacial score (nSPS) is 15.2. The van der Waals surface area contributed by atoms with E-state index >= 15 is 0 Å². The van der Waals surface area contributed by atoms with Gasteiger partial charge < -0.3 is 23.9 Å². The fourth-order valence-corrected chi connectivity index (χ4v) is 4.42. The zero-order valence-corrected chi connectivity index (χ0v) is 20.9. The van der Waals surface area contributed by atoms with Gasteiger partial charge in [-0.25, -0.2) is 9.97 Å². The maximum atomic E-state index is 12.5. The van der Waals surface area contributed by atoms with Gasteiger partial charge in [-0.15, -0.1) is 0 Å². The molecule has 1 unspecified atom stereocenters. The summed E-state index contributed by atoms with van der Waals surface area (Å²) in [6, 6.07) is 10.7. The second-order valence-corrected chi connectivity index (χ2v) is 9.25. The minimum atomic E-state index is -0.881. The zero-order chi connectivity index (χ0) is 26.1. The Morgan fingerprint density at radius 2 is 1.97 bits per heavy atom. The summed E-state index contributed by atoms with van der Waals surface area (Å²) in [7, 11) is 0. The molecule has 1 saturated heterocycles. The molecule has 5 rings (SSSR count). The summed E-state index contributed by atoms with van der Waals surface area (Å²) >= 11 is 6.00. The molecular weight excluding hydrogens is 500 g/mol. The number of amides is 1. The number of aliphatic carboxylic acids is 1. The Morgan fingerprint density at radius 1 is 1.19 bits per heavy atom. The lowest BCUT2D eigenvalue weighted by Crippen LogP contribution is -2.34. The third-order valence-electron chi connectivity index (χ3n) is 6.07. The number of aromatic nitrogens is 3. The van der Waals surface area contributed by atoms with E-state index in [1.165, 1.54) is 11.1 Å². The smallest absolute Gasteiger partial charge is 0.325 e. The van der Waals surface area contributed by atoms with Crippen LogP contribution in [-0.2, 0) is 9.59 Å². The molecule has 11 heteroatoms. The van der Waals surface area contributed by atoms with Crippen LogP contribution in [0.2, 0.25) is 5.02 Å². The maximum absolute atomic E-state index is 12.5. The van der Waals surface area contributed by atoms with Gasteiger partial charge in [-0.1, -0.05) is 17.7 Å². The minimum absolute atomic E-state index is 0.103. The van der Waals surface area contributed by atoms with Crippen LogP contribution < -0.4 is 9.47 Å². The molecule has 0 radical (unpaired) electrons. The highest BCUT2D eigenvalue weighted by molar-refractivity contribution is 6.30. The van der Waals surface area contributed by atoms with Gasteiger partial charge in [0.1, 0.15) is 17.0 Å². The number of nitrogens with zero attached hydrogens (tertiary/aromatic N) is 4. The SMILES string of the molecule is Cc1cc(-c2nc3cnc(Oc4cccc(Cl)c4)nc3o2)cc(C)c1OCC(=O)N1CCC(C(=O)O)C1. The number of carboxylic acids is 1. The molecule has 1 fully saturated rings. The zero-order valence-electron chi connectivity index (χ0n) is 20.1. The van der Waals surface area contributed by atoms with Crippen LogP contribution in [0.1, 0.15) is 17.5 Å². The van der Waals surface area contributed by atoms with Crippen molar-refractivity contribution in [2.24, 2.45) is 5.92 Å². The van der Waals surface area contributed by atoms with Crippen LogP contribution >= 0.6 is 11.6 Å². The highest BCUT2D eigenvalue weighted by Gasteiger charge is 2.31. The van der Waals surface area contributed by atoms with Crippen LogP contribution in [0.25, 0.3) is 22.7 Å². The number of halogens is 1. The van der Waals surface area contributed by atoms with E-state index in [1.54, 1.807) is 24.3 Å². The first-order valence-corrected chi connectivity index (χ1v) is 12.0. The van der Waals surface area contributed by atoms with Crippen molar-refractivity contribution in [3.8, 4) is 29.0 Å². The van der Waals surface area contributed by atoms with Gasteiger partial charge in [0, 0.05) is 23.7 Å². The number of likely N-dealkylation sites (tertiary alicyclic amines) is 1. The molecule has 0 spiro atoms. The Bertz CT molecular complexity index is 1480. The molecule has 1 N–H and O–H groups in total. The summed E-state index contributed by atoms with van der Waals surface area (Å²) in [6.45, 7) is 4.20. The second-order valence-electron chi connectivity index (χ2n) is 8.81. The van der Waals surface area contributed by atoms with Gasteiger partial charge in [-0.2, -0.15) is 4.98 Å². The van der Waals surface area contributed by atoms with Crippen molar-refractivity contribution in [1.82, 2.24) is 19.9 Å². The van der Waals surface area contributed by atoms with Crippen LogP contribution in [-0.4, -0.2) is 56.5 Å². The summed E-state index contributed by atoms with van der Waals surface area (Å²) in [5.74, 6) is -0.201. The fraction of sp³-hybridized carbons (Fsp3) is 0.269. The van der Waals surface area contributed by atoms with E-state index in [0.29, 0.717) is 46.5 Å². The number of ether oxygens (including phenoxy) is 2. The lowest BCUT2D eigenvalue weighted by molar-refractivity contribution is -0.141. The Kier molecular flexibility index (Phi) is 6.66. The number of carbonyl (C=O) groups is 2. The third kappa shape index (κ3) is 5.34. The number of oxazole rings is 1. The summed E-state index contributed by atoms with van der Waals surface area (Å²) in [5, 5.41) is 9.68. The first-order valence-electron chi connectivity index (χ1n) is 11.6. The van der Waals surface area contributed by atoms with Crippen molar-refractivity contribution in [2.75, 3.05) is 19.7 Å². The predicted octanol–water partition coefficient (Wildman–Crippen LogP) is 4.66. The molecule has 1 aliphatic rings. The van der Waals surface area contributed by atoms with Crippen LogP contribution in [0.4, 0.5) is 0 Å². The van der Waals surface area contributed by atoms with Crippen molar-refractivity contribution >= 4 is 34.7 Å². The van der Waals surface area contributed by atoms with E-state index in [9.17, 15) is 9.59 Å². The quantitative estimate of drug-likeness (QED) is 0.368. The van der Waals surface area contributed by atoms with E-state index in [2.05, 4.69) is 15.0 Å². The molecule has 1 aliphatic heterocycles. The van der Waals surface area contributed by atoms with Gasteiger partial charge in [-0.3, -0.25) is 9.59 Å². The van der Waals surface area contributed by atoms with Crippen molar-refractivity contribution in [1.29, 1.82) is 0 Å². The minimum Gasteiger partial charge on any atom is -0.483 e. The maximum Gasteiger partial charge on any atom is 0.325 e. The van der Waals surface area contributed by atoms with Crippen molar-refractivity contribution in [2.45, 2.75) is 20.3 Å². The molecule has 0 bridgehead atoms. The number of carbonyl (C=O) groups excluding carboxylic acids is 1. The average Bonchev–Trinajstić information content (AvgIpc) is 3.51. The van der Waals surface area contributed by atoms with Crippen LogP contribution in [0, 0.1) is 19.8 Å². The second kappa shape index (κ2) is 10.1. The fourth-order valence-electron chi connectivity index (χ4n) is 4.24. The number of benzene rings is 2. The Hall–Kier alpha value is -4.18. The monoisotopic (exact) mass is 522 g/mol. The molecule has 2 aromatic carbocycles. The van der Waals surface area contributed by atoms with E-state index in [-0.39, 0.29) is 30.8 Å². The molecule has 10 nitrogen and oxygen atoms in total. The molecule has 2 aromatic heterocycles. The largest absolute Gasteiger partial charge is 0.483 e. The van der Waals surface area contributed by atoms with Gasteiger partial charge >= 0.3 is 12.0 Å². The number of hydrogen-bond donors (Lipinski definition) is 1. The Morgan fingerprint density at radius 3 is 2.68 bits per heavy atom. The number of rotatable bonds is 7. The summed E-state index contributed by atoms with van der Waals surface area (Å²) in [5.41, 5.74) is 3.05. The van der Waals surface area contributed by atoms with E-state index < -0.39 is 11.9 Å². The van der Waals surface area contributed by atoms with Gasteiger partial charge in [0.25, 0.3) is 11.6 Å². The number of hydrogen-bond acceptors (Lipinski definition) is 8. The molecule has 37 heavy (non-hydrogen) atoms. The highest BCUT2D eigenvalue weighted by atomic mass is 35.5. The van der Waals surface area contributed by atoms with Crippen LogP contribution in [0.3, 0.4) is 0 Å². The van der Waals surface area contributed by atoms with Gasteiger partial charge in [0.05, 0.1) is 12.1 Å². The number of fused-ring (bicyclic) bond motifs is 1.